The van der Waals surface area contributed by atoms with Crippen LogP contribution in [-0.2, 0) is 16.0 Å². The van der Waals surface area contributed by atoms with Crippen LogP contribution >= 0.6 is 0 Å². The van der Waals surface area contributed by atoms with Crippen molar-refractivity contribution in [1.29, 1.82) is 0 Å². The Balaban J connectivity index is 2.06. The van der Waals surface area contributed by atoms with E-state index < -0.39 is 6.04 Å². The number of carbonyl (C=O) groups is 2. The highest BCUT2D eigenvalue weighted by Gasteiger charge is 2.30. The lowest BCUT2D eigenvalue weighted by molar-refractivity contribution is -0.135. The number of benzene rings is 1. The molecule has 1 heterocycles. The molecule has 4 nitrogen and oxygen atoms in total. The summed E-state index contributed by atoms with van der Waals surface area (Å²) in [7, 11) is 0. The number of carbonyl (C=O) groups excluding carboxylic acids is 2. The minimum Gasteiger partial charge on any atom is -0.347 e. The zero-order valence-corrected chi connectivity index (χ0v) is 11.2. The van der Waals surface area contributed by atoms with Gasteiger partial charge in [-0.3, -0.25) is 9.59 Å². The summed E-state index contributed by atoms with van der Waals surface area (Å²) < 4.78 is 0. The van der Waals surface area contributed by atoms with E-state index in [-0.39, 0.29) is 11.9 Å². The van der Waals surface area contributed by atoms with E-state index in [1.165, 1.54) is 0 Å². The molecule has 2 atom stereocenters. The minimum absolute atomic E-state index is 0.0287. The number of nitrogens with one attached hydrogen (secondary N) is 1. The second-order valence-electron chi connectivity index (χ2n) is 5.05. The van der Waals surface area contributed by atoms with Crippen molar-refractivity contribution in [3.05, 3.63) is 35.9 Å². The Morgan fingerprint density at radius 1 is 1.47 bits per heavy atom. The molecule has 1 N–H and O–H groups in total. The maximum Gasteiger partial charge on any atom is 0.245 e. The van der Waals surface area contributed by atoms with Crippen molar-refractivity contribution in [3.8, 4) is 0 Å². The van der Waals surface area contributed by atoms with Crippen LogP contribution in [0, 0.1) is 0 Å². The van der Waals surface area contributed by atoms with Crippen LogP contribution in [0.3, 0.4) is 0 Å². The van der Waals surface area contributed by atoms with E-state index in [1.807, 2.05) is 35.2 Å². The van der Waals surface area contributed by atoms with Gasteiger partial charge in [0.05, 0.1) is 0 Å². The summed E-state index contributed by atoms with van der Waals surface area (Å²) in [6.07, 6.45) is 3.25. The normalized spacial score (nSPS) is 20.1. The topological polar surface area (TPSA) is 49.4 Å². The second-order valence-corrected chi connectivity index (χ2v) is 5.05. The molecule has 0 unspecified atom stereocenters. The summed E-state index contributed by atoms with van der Waals surface area (Å²) >= 11 is 0. The quantitative estimate of drug-likeness (QED) is 0.813. The second kappa shape index (κ2) is 6.36. The summed E-state index contributed by atoms with van der Waals surface area (Å²) in [5.74, 6) is 0.0287. The highest BCUT2D eigenvalue weighted by molar-refractivity contribution is 5.84. The van der Waals surface area contributed by atoms with Crippen LogP contribution in [0.4, 0.5) is 0 Å². The fraction of sp³-hybridized carbons (Fsp3) is 0.467. The van der Waals surface area contributed by atoms with Crippen LogP contribution in [0.5, 0.6) is 0 Å². The molecule has 0 aromatic heterocycles. The molecule has 1 aromatic carbocycles. The first-order valence-electron chi connectivity index (χ1n) is 6.76. The molecule has 2 amide bonds. The molecule has 19 heavy (non-hydrogen) atoms. The third-order valence-electron chi connectivity index (χ3n) is 3.69. The third-order valence-corrected chi connectivity index (χ3v) is 3.69. The number of amides is 2. The lowest BCUT2D eigenvalue weighted by Gasteiger charge is -2.26. The molecule has 1 aromatic rings. The summed E-state index contributed by atoms with van der Waals surface area (Å²) in [5.41, 5.74) is 1.06. The number of nitrogens with zero attached hydrogens (tertiary/aromatic N) is 1. The van der Waals surface area contributed by atoms with E-state index >= 15 is 0 Å². The fourth-order valence-corrected chi connectivity index (χ4v) is 2.61. The van der Waals surface area contributed by atoms with Crippen LogP contribution in [0.25, 0.3) is 0 Å². The first kappa shape index (κ1) is 13.6. The first-order valence-corrected chi connectivity index (χ1v) is 6.76. The molecule has 0 bridgehead atoms. The van der Waals surface area contributed by atoms with Crippen LogP contribution in [-0.4, -0.2) is 35.8 Å². The Hall–Kier alpha value is -1.84. The molecule has 4 heteroatoms. The van der Waals surface area contributed by atoms with Gasteiger partial charge in [0.15, 0.2) is 0 Å². The number of rotatable bonds is 5. The molecule has 1 fully saturated rings. The Labute approximate surface area is 113 Å². The van der Waals surface area contributed by atoms with E-state index in [2.05, 4.69) is 12.2 Å². The highest BCUT2D eigenvalue weighted by atomic mass is 16.2. The molecule has 1 aliphatic heterocycles. The number of hydrogen-bond donors (Lipinski definition) is 1. The van der Waals surface area contributed by atoms with Gasteiger partial charge in [0.2, 0.25) is 12.3 Å². The predicted octanol–water partition coefficient (Wildman–Crippen LogP) is 1.35. The standard InChI is InChI=1S/C15H20N2O2/c1-12-6-5-9-17(12)15(19)14(16-11-18)10-13-7-3-2-4-8-13/h2-4,7-8,11-12,14H,5-6,9-10H2,1H3,(H,16,18)/t12-,14+/m1/s1. The van der Waals surface area contributed by atoms with Crippen LogP contribution in [0.15, 0.2) is 30.3 Å². The van der Waals surface area contributed by atoms with Crippen molar-refractivity contribution in [3.63, 3.8) is 0 Å². The number of likely N-dealkylation sites (tertiary alicyclic amines) is 1. The van der Waals surface area contributed by atoms with Gasteiger partial charge in [-0.2, -0.15) is 0 Å². The largest absolute Gasteiger partial charge is 0.347 e. The summed E-state index contributed by atoms with van der Waals surface area (Å²) in [4.78, 5) is 25.1. The molecule has 1 saturated heterocycles. The first-order chi connectivity index (χ1) is 9.22. The van der Waals surface area contributed by atoms with Gasteiger partial charge in [-0.05, 0) is 25.3 Å². The molecule has 102 valence electrons. The Bertz CT molecular complexity index is 433. The lowest BCUT2D eigenvalue weighted by Crippen LogP contribution is -2.48. The monoisotopic (exact) mass is 260 g/mol. The van der Waals surface area contributed by atoms with Crippen molar-refractivity contribution in [2.75, 3.05) is 6.54 Å². The highest BCUT2D eigenvalue weighted by Crippen LogP contribution is 2.18. The van der Waals surface area contributed by atoms with Crippen molar-refractivity contribution in [2.45, 2.75) is 38.3 Å². The minimum atomic E-state index is -0.458. The summed E-state index contributed by atoms with van der Waals surface area (Å²) in [6.45, 7) is 2.86. The van der Waals surface area contributed by atoms with Gasteiger partial charge in [-0.15, -0.1) is 0 Å². The Kier molecular flexibility index (Phi) is 4.55. The van der Waals surface area contributed by atoms with Crippen molar-refractivity contribution in [1.82, 2.24) is 10.2 Å². The summed E-state index contributed by atoms with van der Waals surface area (Å²) in [6, 6.07) is 9.59. The average Bonchev–Trinajstić information content (AvgIpc) is 2.85. The maximum absolute atomic E-state index is 12.5. The zero-order chi connectivity index (χ0) is 13.7. The van der Waals surface area contributed by atoms with Gasteiger partial charge in [0, 0.05) is 19.0 Å². The molecule has 0 saturated carbocycles. The lowest BCUT2D eigenvalue weighted by atomic mass is 10.0. The predicted molar refractivity (Wildman–Crippen MR) is 73.5 cm³/mol. The van der Waals surface area contributed by atoms with E-state index in [4.69, 9.17) is 0 Å². The van der Waals surface area contributed by atoms with Gasteiger partial charge >= 0.3 is 0 Å². The Morgan fingerprint density at radius 3 is 2.79 bits per heavy atom. The van der Waals surface area contributed by atoms with Crippen molar-refractivity contribution >= 4 is 12.3 Å². The van der Waals surface area contributed by atoms with Gasteiger partial charge in [-0.1, -0.05) is 30.3 Å². The SMILES string of the molecule is C[C@@H]1CCCN1C(=O)[C@H](Cc1ccccc1)NC=O. The molecular weight excluding hydrogens is 240 g/mol. The van der Waals surface area contributed by atoms with Gasteiger partial charge < -0.3 is 10.2 Å². The fourth-order valence-electron chi connectivity index (χ4n) is 2.61. The van der Waals surface area contributed by atoms with Crippen LogP contribution in [0.1, 0.15) is 25.3 Å². The summed E-state index contributed by atoms with van der Waals surface area (Å²) in [5, 5.41) is 2.66. The third kappa shape index (κ3) is 3.34. The van der Waals surface area contributed by atoms with Crippen molar-refractivity contribution in [2.24, 2.45) is 0 Å². The van der Waals surface area contributed by atoms with E-state index in [0.29, 0.717) is 12.8 Å². The molecular formula is C15H20N2O2. The molecule has 0 radical (unpaired) electrons. The molecule has 0 aliphatic carbocycles. The Morgan fingerprint density at radius 2 is 2.21 bits per heavy atom. The molecule has 2 rings (SSSR count). The van der Waals surface area contributed by atoms with E-state index in [9.17, 15) is 9.59 Å². The maximum atomic E-state index is 12.5. The molecule has 1 aliphatic rings. The van der Waals surface area contributed by atoms with Crippen LogP contribution < -0.4 is 5.32 Å². The van der Waals surface area contributed by atoms with Gasteiger partial charge in [0.1, 0.15) is 6.04 Å². The van der Waals surface area contributed by atoms with Gasteiger partial charge in [0.25, 0.3) is 0 Å². The van der Waals surface area contributed by atoms with E-state index in [1.54, 1.807) is 0 Å². The average molecular weight is 260 g/mol. The zero-order valence-electron chi connectivity index (χ0n) is 11.2. The number of hydrogen-bond acceptors (Lipinski definition) is 2. The van der Waals surface area contributed by atoms with Crippen molar-refractivity contribution < 1.29 is 9.59 Å². The molecule has 0 spiro atoms. The van der Waals surface area contributed by atoms with Gasteiger partial charge in [-0.25, -0.2) is 0 Å². The van der Waals surface area contributed by atoms with Crippen LogP contribution in [0.2, 0.25) is 0 Å². The smallest absolute Gasteiger partial charge is 0.245 e. The van der Waals surface area contributed by atoms with E-state index in [0.717, 1.165) is 24.9 Å².